The third kappa shape index (κ3) is 4.88. The standard InChI is InChI=1S/C21H25N3O3/c1-21(2,3)27-20(25)24-16-7-9-17(10-8-16)26-18-6-4-5-14-12-23-13-15(11-22)19(14)18/h4-6,12-13,16-17H,7-10H2,1-3H3,(H,24,25)/t16-,17-. The lowest BCUT2D eigenvalue weighted by Gasteiger charge is -2.30. The highest BCUT2D eigenvalue weighted by Crippen LogP contribution is 2.31. The van der Waals surface area contributed by atoms with Gasteiger partial charge in [-0.3, -0.25) is 4.98 Å². The zero-order chi connectivity index (χ0) is 19.4. The van der Waals surface area contributed by atoms with Gasteiger partial charge >= 0.3 is 6.09 Å². The lowest BCUT2D eigenvalue weighted by atomic mass is 9.93. The quantitative estimate of drug-likeness (QED) is 0.873. The molecular formula is C21H25N3O3. The number of fused-ring (bicyclic) bond motifs is 1. The van der Waals surface area contributed by atoms with Crippen molar-refractivity contribution in [1.82, 2.24) is 10.3 Å². The van der Waals surface area contributed by atoms with Crippen LogP contribution in [0.1, 0.15) is 52.0 Å². The Hall–Kier alpha value is -2.81. The van der Waals surface area contributed by atoms with Crippen molar-refractivity contribution in [3.63, 3.8) is 0 Å². The first-order valence-electron chi connectivity index (χ1n) is 9.29. The molecule has 0 saturated heterocycles. The van der Waals surface area contributed by atoms with E-state index in [1.54, 1.807) is 12.4 Å². The van der Waals surface area contributed by atoms with E-state index in [1.807, 2.05) is 39.0 Å². The first-order chi connectivity index (χ1) is 12.9. The summed E-state index contributed by atoms with van der Waals surface area (Å²) in [6.07, 6.45) is 6.34. The lowest BCUT2D eigenvalue weighted by molar-refractivity contribution is 0.0471. The second-order valence-corrected chi connectivity index (χ2v) is 7.89. The van der Waals surface area contributed by atoms with E-state index < -0.39 is 5.60 Å². The maximum absolute atomic E-state index is 11.9. The van der Waals surface area contributed by atoms with Crippen LogP contribution >= 0.6 is 0 Å². The molecule has 142 valence electrons. The molecule has 0 atom stereocenters. The van der Waals surface area contributed by atoms with Crippen LogP contribution in [0.5, 0.6) is 5.75 Å². The van der Waals surface area contributed by atoms with Crippen LogP contribution in [0.2, 0.25) is 0 Å². The number of carbonyl (C=O) groups excluding carboxylic acids is 1. The van der Waals surface area contributed by atoms with Crippen LogP contribution in [0.15, 0.2) is 30.6 Å². The predicted octanol–water partition coefficient (Wildman–Crippen LogP) is 4.32. The number of pyridine rings is 1. The van der Waals surface area contributed by atoms with Crippen LogP contribution < -0.4 is 10.1 Å². The molecule has 6 nitrogen and oxygen atoms in total. The van der Waals surface area contributed by atoms with Gasteiger partial charge in [-0.1, -0.05) is 12.1 Å². The van der Waals surface area contributed by atoms with Crippen molar-refractivity contribution in [2.24, 2.45) is 0 Å². The molecule has 0 radical (unpaired) electrons. The fourth-order valence-corrected chi connectivity index (χ4v) is 3.36. The molecule has 2 aromatic rings. The Bertz CT molecular complexity index is 854. The lowest BCUT2D eigenvalue weighted by Crippen LogP contribution is -2.42. The highest BCUT2D eigenvalue weighted by molar-refractivity contribution is 5.92. The number of aromatic nitrogens is 1. The zero-order valence-corrected chi connectivity index (χ0v) is 16.0. The smallest absolute Gasteiger partial charge is 0.407 e. The number of nitrogens with zero attached hydrogens (tertiary/aromatic N) is 2. The van der Waals surface area contributed by atoms with Crippen LogP contribution in [0.4, 0.5) is 4.79 Å². The molecule has 0 aliphatic heterocycles. The molecule has 1 aliphatic rings. The van der Waals surface area contributed by atoms with E-state index in [2.05, 4.69) is 16.4 Å². The van der Waals surface area contributed by atoms with Crippen molar-refractivity contribution in [2.45, 2.75) is 64.2 Å². The number of hydrogen-bond acceptors (Lipinski definition) is 5. The molecule has 1 aromatic heterocycles. The third-order valence-corrected chi connectivity index (χ3v) is 4.55. The number of hydrogen-bond donors (Lipinski definition) is 1. The minimum Gasteiger partial charge on any atom is -0.490 e. The maximum atomic E-state index is 11.9. The number of rotatable bonds is 3. The minimum atomic E-state index is -0.494. The highest BCUT2D eigenvalue weighted by Gasteiger charge is 2.26. The Morgan fingerprint density at radius 2 is 1.96 bits per heavy atom. The van der Waals surface area contributed by atoms with Gasteiger partial charge in [0.25, 0.3) is 0 Å². The summed E-state index contributed by atoms with van der Waals surface area (Å²) in [6, 6.07) is 8.03. The number of benzene rings is 1. The molecule has 1 heterocycles. The van der Waals surface area contributed by atoms with Crippen molar-refractivity contribution in [3.05, 3.63) is 36.2 Å². The predicted molar refractivity (Wildman–Crippen MR) is 102 cm³/mol. The summed E-state index contributed by atoms with van der Waals surface area (Å²) < 4.78 is 11.5. The Kier molecular flexibility index (Phi) is 5.50. The fourth-order valence-electron chi connectivity index (χ4n) is 3.36. The molecule has 0 spiro atoms. The second-order valence-electron chi connectivity index (χ2n) is 7.89. The largest absolute Gasteiger partial charge is 0.490 e. The van der Waals surface area contributed by atoms with Crippen LogP contribution in [-0.2, 0) is 4.74 Å². The van der Waals surface area contributed by atoms with Gasteiger partial charge in [-0.2, -0.15) is 5.26 Å². The van der Waals surface area contributed by atoms with E-state index in [9.17, 15) is 10.1 Å². The van der Waals surface area contributed by atoms with Crippen molar-refractivity contribution in [2.75, 3.05) is 0 Å². The molecule has 6 heteroatoms. The Balaban J connectivity index is 1.61. The molecule has 0 bridgehead atoms. The Morgan fingerprint density at radius 1 is 1.22 bits per heavy atom. The highest BCUT2D eigenvalue weighted by atomic mass is 16.6. The summed E-state index contributed by atoms with van der Waals surface area (Å²) in [5, 5.41) is 14.0. The van der Waals surface area contributed by atoms with E-state index in [4.69, 9.17) is 9.47 Å². The molecule has 0 unspecified atom stereocenters. The number of nitrogens with one attached hydrogen (secondary N) is 1. The van der Waals surface area contributed by atoms with Crippen molar-refractivity contribution in [1.29, 1.82) is 5.26 Å². The Labute approximate surface area is 159 Å². The number of alkyl carbamates (subject to hydrolysis) is 1. The monoisotopic (exact) mass is 367 g/mol. The van der Waals surface area contributed by atoms with Gasteiger partial charge in [0.2, 0.25) is 0 Å². The number of amides is 1. The molecule has 1 fully saturated rings. The average Bonchev–Trinajstić information content (AvgIpc) is 2.61. The average molecular weight is 367 g/mol. The van der Waals surface area contributed by atoms with Gasteiger partial charge in [-0.25, -0.2) is 4.79 Å². The summed E-state index contributed by atoms with van der Waals surface area (Å²) in [5.41, 5.74) is 0.0230. The van der Waals surface area contributed by atoms with E-state index in [1.165, 1.54) is 0 Å². The molecule has 1 aliphatic carbocycles. The maximum Gasteiger partial charge on any atom is 0.407 e. The molecule has 1 aromatic carbocycles. The summed E-state index contributed by atoms with van der Waals surface area (Å²) >= 11 is 0. The molecule has 27 heavy (non-hydrogen) atoms. The van der Waals surface area contributed by atoms with E-state index in [-0.39, 0.29) is 18.2 Å². The van der Waals surface area contributed by atoms with Gasteiger partial charge in [0, 0.05) is 29.2 Å². The topological polar surface area (TPSA) is 84.2 Å². The minimum absolute atomic E-state index is 0.0620. The van der Waals surface area contributed by atoms with Crippen LogP contribution in [0.3, 0.4) is 0 Å². The van der Waals surface area contributed by atoms with E-state index in [0.29, 0.717) is 5.56 Å². The van der Waals surface area contributed by atoms with Gasteiger partial charge < -0.3 is 14.8 Å². The second kappa shape index (κ2) is 7.83. The summed E-state index contributed by atoms with van der Waals surface area (Å²) in [4.78, 5) is 16.0. The van der Waals surface area contributed by atoms with Crippen LogP contribution in [0, 0.1) is 11.3 Å². The first kappa shape index (κ1) is 19.0. The number of ether oxygens (including phenoxy) is 2. The summed E-state index contributed by atoms with van der Waals surface area (Å²) in [7, 11) is 0. The number of nitriles is 1. The zero-order valence-electron chi connectivity index (χ0n) is 16.0. The fraction of sp³-hybridized carbons (Fsp3) is 0.476. The van der Waals surface area contributed by atoms with Gasteiger partial charge in [-0.15, -0.1) is 0 Å². The van der Waals surface area contributed by atoms with Crippen molar-refractivity contribution in [3.8, 4) is 11.8 Å². The SMILES string of the molecule is CC(C)(C)OC(=O)N[C@H]1CC[C@H](Oc2cccc3cncc(C#N)c23)CC1. The van der Waals surface area contributed by atoms with Gasteiger partial charge in [0.05, 0.1) is 11.7 Å². The summed E-state index contributed by atoms with van der Waals surface area (Å²) in [5.74, 6) is 0.718. The number of carbonyl (C=O) groups is 1. The molecule has 1 amide bonds. The molecule has 3 rings (SSSR count). The normalized spacial score (nSPS) is 19.9. The van der Waals surface area contributed by atoms with Crippen molar-refractivity contribution < 1.29 is 14.3 Å². The van der Waals surface area contributed by atoms with Gasteiger partial charge in [0.1, 0.15) is 17.4 Å². The third-order valence-electron chi connectivity index (χ3n) is 4.55. The van der Waals surface area contributed by atoms with E-state index in [0.717, 1.165) is 42.2 Å². The Morgan fingerprint density at radius 3 is 2.63 bits per heavy atom. The molecule has 1 N–H and O–H groups in total. The first-order valence-corrected chi connectivity index (χ1v) is 9.29. The van der Waals surface area contributed by atoms with Crippen molar-refractivity contribution >= 4 is 16.9 Å². The molecule has 1 saturated carbocycles. The van der Waals surface area contributed by atoms with Crippen LogP contribution in [-0.4, -0.2) is 28.8 Å². The van der Waals surface area contributed by atoms with Crippen LogP contribution in [0.25, 0.3) is 10.8 Å². The molecular weight excluding hydrogens is 342 g/mol. The van der Waals surface area contributed by atoms with E-state index >= 15 is 0 Å². The van der Waals surface area contributed by atoms with Gasteiger partial charge in [-0.05, 0) is 52.5 Å². The van der Waals surface area contributed by atoms with Gasteiger partial charge in [0.15, 0.2) is 0 Å². The summed E-state index contributed by atoms with van der Waals surface area (Å²) in [6.45, 7) is 5.56.